The Hall–Kier alpha value is -1.10. The van der Waals surface area contributed by atoms with Crippen LogP contribution in [0.1, 0.15) is 31.4 Å². The zero-order valence-electron chi connectivity index (χ0n) is 11.1. The lowest BCUT2D eigenvalue weighted by Crippen LogP contribution is -2.23. The zero-order valence-corrected chi connectivity index (χ0v) is 11.8. The smallest absolute Gasteiger partial charge is 0.305 e. The lowest BCUT2D eigenvalue weighted by Gasteiger charge is -2.13. The van der Waals surface area contributed by atoms with Crippen LogP contribution in [0.2, 0.25) is 5.02 Å². The highest BCUT2D eigenvalue weighted by atomic mass is 35.5. The molecule has 19 heavy (non-hydrogen) atoms. The monoisotopic (exact) mass is 285 g/mol. The molecule has 0 fully saturated rings. The summed E-state index contributed by atoms with van der Waals surface area (Å²) >= 11 is 5.99. The minimum absolute atomic E-state index is 0.184. The predicted molar refractivity (Wildman–Crippen MR) is 75.1 cm³/mol. The summed E-state index contributed by atoms with van der Waals surface area (Å²) in [5.41, 5.74) is 0.710. The van der Waals surface area contributed by atoms with Gasteiger partial charge in [-0.3, -0.25) is 4.79 Å². The molecule has 106 valence electrons. The molecular formula is C14H20ClNO3. The van der Waals surface area contributed by atoms with Crippen molar-refractivity contribution in [3.8, 4) is 0 Å². The third-order valence-electron chi connectivity index (χ3n) is 2.64. The first kappa shape index (κ1) is 16.0. The summed E-state index contributed by atoms with van der Waals surface area (Å²) in [5, 5.41) is 13.6. The van der Waals surface area contributed by atoms with Crippen molar-refractivity contribution >= 4 is 17.6 Å². The summed E-state index contributed by atoms with van der Waals surface area (Å²) in [6.07, 6.45) is 0.438. The van der Waals surface area contributed by atoms with Crippen molar-refractivity contribution in [2.45, 2.75) is 25.9 Å². The number of halogens is 1. The van der Waals surface area contributed by atoms with Gasteiger partial charge in [0.05, 0.1) is 12.7 Å². The Morgan fingerprint density at radius 1 is 1.47 bits per heavy atom. The van der Waals surface area contributed by atoms with Crippen LogP contribution >= 0.6 is 11.6 Å². The van der Waals surface area contributed by atoms with Gasteiger partial charge >= 0.3 is 5.97 Å². The van der Waals surface area contributed by atoms with E-state index >= 15 is 0 Å². The number of nitrogens with one attached hydrogen (secondary N) is 1. The maximum atomic E-state index is 11.1. The molecule has 2 N–H and O–H groups in total. The van der Waals surface area contributed by atoms with Gasteiger partial charge in [0.2, 0.25) is 0 Å². The van der Waals surface area contributed by atoms with Crippen LogP contribution in [-0.4, -0.2) is 30.8 Å². The summed E-state index contributed by atoms with van der Waals surface area (Å²) in [4.78, 5) is 11.1. The van der Waals surface area contributed by atoms with E-state index in [1.54, 1.807) is 19.1 Å². The molecule has 1 rings (SSSR count). The van der Waals surface area contributed by atoms with Crippen LogP contribution in [0.5, 0.6) is 0 Å². The predicted octanol–water partition coefficient (Wildman–Crippen LogP) is 2.31. The number of aliphatic hydroxyl groups excluding tert-OH is 1. The molecule has 5 heteroatoms. The number of hydrogen-bond donors (Lipinski definition) is 2. The van der Waals surface area contributed by atoms with Crippen molar-refractivity contribution in [2.75, 3.05) is 19.7 Å². The van der Waals surface area contributed by atoms with Crippen molar-refractivity contribution < 1.29 is 14.6 Å². The van der Waals surface area contributed by atoms with E-state index < -0.39 is 6.10 Å². The second-order valence-corrected chi connectivity index (χ2v) is 4.56. The molecule has 0 saturated heterocycles. The van der Waals surface area contributed by atoms with E-state index in [1.165, 1.54) is 0 Å². The van der Waals surface area contributed by atoms with Gasteiger partial charge in [-0.25, -0.2) is 0 Å². The SMILES string of the molecule is CCOC(=O)CCCNCC(O)c1ccccc1Cl. The summed E-state index contributed by atoms with van der Waals surface area (Å²) in [5.74, 6) is -0.184. The van der Waals surface area contributed by atoms with Crippen LogP contribution in [0.25, 0.3) is 0 Å². The van der Waals surface area contributed by atoms with Gasteiger partial charge in [0.25, 0.3) is 0 Å². The molecule has 1 aromatic carbocycles. The Balaban J connectivity index is 2.19. The molecule has 1 aromatic rings. The molecule has 1 unspecified atom stereocenters. The van der Waals surface area contributed by atoms with Gasteiger partial charge in [0.15, 0.2) is 0 Å². The average molecular weight is 286 g/mol. The van der Waals surface area contributed by atoms with Crippen molar-refractivity contribution in [3.05, 3.63) is 34.9 Å². The van der Waals surface area contributed by atoms with Crippen LogP contribution < -0.4 is 5.32 Å². The lowest BCUT2D eigenvalue weighted by molar-refractivity contribution is -0.143. The molecular weight excluding hydrogens is 266 g/mol. The van der Waals surface area contributed by atoms with E-state index in [2.05, 4.69) is 5.32 Å². The molecule has 0 radical (unpaired) electrons. The Morgan fingerprint density at radius 2 is 2.21 bits per heavy atom. The van der Waals surface area contributed by atoms with Gasteiger partial charge in [-0.15, -0.1) is 0 Å². The molecule has 0 saturated carbocycles. The van der Waals surface area contributed by atoms with E-state index in [4.69, 9.17) is 16.3 Å². The second-order valence-electron chi connectivity index (χ2n) is 4.15. The number of carbonyl (C=O) groups is 1. The van der Waals surface area contributed by atoms with Crippen molar-refractivity contribution in [2.24, 2.45) is 0 Å². The zero-order chi connectivity index (χ0) is 14.1. The highest BCUT2D eigenvalue weighted by molar-refractivity contribution is 6.31. The largest absolute Gasteiger partial charge is 0.466 e. The van der Waals surface area contributed by atoms with Crippen LogP contribution in [0.3, 0.4) is 0 Å². The maximum Gasteiger partial charge on any atom is 0.305 e. The van der Waals surface area contributed by atoms with E-state index in [0.29, 0.717) is 43.1 Å². The van der Waals surface area contributed by atoms with E-state index in [1.807, 2.05) is 12.1 Å². The topological polar surface area (TPSA) is 58.6 Å². The number of aliphatic hydroxyl groups is 1. The van der Waals surface area contributed by atoms with Crippen molar-refractivity contribution in [3.63, 3.8) is 0 Å². The summed E-state index contributed by atoms with van der Waals surface area (Å²) in [7, 11) is 0. The molecule has 0 heterocycles. The fourth-order valence-electron chi connectivity index (χ4n) is 1.68. The minimum atomic E-state index is -0.642. The first-order chi connectivity index (χ1) is 9.15. The third kappa shape index (κ3) is 6.05. The second kappa shape index (κ2) is 8.91. The Bertz CT molecular complexity index is 398. The van der Waals surface area contributed by atoms with Gasteiger partial charge < -0.3 is 15.2 Å². The van der Waals surface area contributed by atoms with Crippen LogP contribution in [0.4, 0.5) is 0 Å². The Kier molecular flexibility index (Phi) is 7.48. The lowest BCUT2D eigenvalue weighted by atomic mass is 10.1. The third-order valence-corrected chi connectivity index (χ3v) is 2.99. The number of carbonyl (C=O) groups excluding carboxylic acids is 1. The first-order valence-corrected chi connectivity index (χ1v) is 6.81. The van der Waals surface area contributed by atoms with Crippen LogP contribution in [0.15, 0.2) is 24.3 Å². The minimum Gasteiger partial charge on any atom is -0.466 e. The normalized spacial score (nSPS) is 12.2. The number of esters is 1. The first-order valence-electron chi connectivity index (χ1n) is 6.44. The van der Waals surface area contributed by atoms with Crippen LogP contribution in [-0.2, 0) is 9.53 Å². The summed E-state index contributed by atoms with van der Waals surface area (Å²) in [6.45, 7) is 3.26. The number of ether oxygens (including phenoxy) is 1. The van der Waals surface area contributed by atoms with Crippen molar-refractivity contribution in [1.82, 2.24) is 5.32 Å². The molecule has 0 aromatic heterocycles. The summed E-state index contributed by atoms with van der Waals surface area (Å²) < 4.78 is 4.82. The number of rotatable bonds is 8. The molecule has 4 nitrogen and oxygen atoms in total. The standard InChI is InChI=1S/C14H20ClNO3/c1-2-19-14(18)8-5-9-16-10-13(17)11-6-3-4-7-12(11)15/h3-4,6-7,13,16-17H,2,5,8-10H2,1H3. The van der Waals surface area contributed by atoms with Crippen molar-refractivity contribution in [1.29, 1.82) is 0 Å². The molecule has 1 atom stereocenters. The fraction of sp³-hybridized carbons (Fsp3) is 0.500. The van der Waals surface area contributed by atoms with Crippen LogP contribution in [0, 0.1) is 0 Å². The average Bonchev–Trinajstić information content (AvgIpc) is 2.39. The van der Waals surface area contributed by atoms with Gasteiger partial charge in [-0.05, 0) is 26.0 Å². The molecule has 0 aliphatic carbocycles. The van der Waals surface area contributed by atoms with Gasteiger partial charge in [-0.2, -0.15) is 0 Å². The Labute approximate surface area is 118 Å². The molecule has 0 bridgehead atoms. The molecule has 0 spiro atoms. The molecule has 0 aliphatic heterocycles. The number of hydrogen-bond acceptors (Lipinski definition) is 4. The van der Waals surface area contributed by atoms with Gasteiger partial charge in [0, 0.05) is 23.6 Å². The van der Waals surface area contributed by atoms with Gasteiger partial charge in [0.1, 0.15) is 0 Å². The summed E-state index contributed by atoms with van der Waals surface area (Å²) in [6, 6.07) is 7.21. The highest BCUT2D eigenvalue weighted by Gasteiger charge is 2.10. The molecule has 0 amide bonds. The molecule has 0 aliphatic rings. The Morgan fingerprint density at radius 3 is 2.89 bits per heavy atom. The van der Waals surface area contributed by atoms with E-state index in [9.17, 15) is 9.90 Å². The highest BCUT2D eigenvalue weighted by Crippen LogP contribution is 2.21. The van der Waals surface area contributed by atoms with E-state index in [0.717, 1.165) is 0 Å². The number of benzene rings is 1. The maximum absolute atomic E-state index is 11.1. The quantitative estimate of drug-likeness (QED) is 0.568. The van der Waals surface area contributed by atoms with E-state index in [-0.39, 0.29) is 5.97 Å². The van der Waals surface area contributed by atoms with Gasteiger partial charge in [-0.1, -0.05) is 29.8 Å². The fourth-order valence-corrected chi connectivity index (χ4v) is 1.95.